The molecule has 0 heterocycles. The lowest BCUT2D eigenvalue weighted by Gasteiger charge is -2.38. The highest BCUT2D eigenvalue weighted by Gasteiger charge is 2.73. The molecule has 0 nitrogen and oxygen atoms in total. The van der Waals surface area contributed by atoms with E-state index in [1.165, 1.54) is 12.8 Å². The lowest BCUT2D eigenvalue weighted by atomic mass is 9.63. The van der Waals surface area contributed by atoms with Gasteiger partial charge in [-0.15, -0.1) is 0 Å². The molecule has 0 amide bonds. The minimum atomic E-state index is 0.233. The second kappa shape index (κ2) is 4.82. The molecule has 29 heavy (non-hydrogen) atoms. The molecule has 138 valence electrons. The molecule has 5 atom stereocenters. The average Bonchev–Trinajstić information content (AvgIpc) is 3.41. The molecule has 0 bridgehead atoms. The van der Waals surface area contributed by atoms with Crippen LogP contribution < -0.4 is 0 Å². The maximum atomic E-state index is 2.50. The van der Waals surface area contributed by atoms with Gasteiger partial charge in [-0.1, -0.05) is 90.5 Å². The van der Waals surface area contributed by atoms with Gasteiger partial charge in [0, 0.05) is 29.1 Å². The Balaban J connectivity index is 1.57. The predicted molar refractivity (Wildman–Crippen MR) is 116 cm³/mol. The van der Waals surface area contributed by atoms with Crippen LogP contribution in [0.2, 0.25) is 0 Å². The van der Waals surface area contributed by atoms with E-state index >= 15 is 0 Å². The molecule has 1 unspecified atom stereocenters. The Hall–Kier alpha value is -2.86. The Morgan fingerprint density at radius 3 is 1.52 bits per heavy atom. The Labute approximate surface area is 171 Å². The Morgan fingerprint density at radius 1 is 0.552 bits per heavy atom. The Bertz CT molecular complexity index is 1260. The molecule has 3 aromatic carbocycles. The fraction of sp³-hybridized carbons (Fsp3) is 0.241. The first kappa shape index (κ1) is 15.0. The van der Waals surface area contributed by atoms with Gasteiger partial charge in [-0.25, -0.2) is 0 Å². The average molecular weight is 370 g/mol. The maximum absolute atomic E-state index is 2.50. The van der Waals surface area contributed by atoms with Crippen molar-refractivity contribution in [3.8, 4) is 0 Å². The summed E-state index contributed by atoms with van der Waals surface area (Å²) in [5.74, 6) is 2.13. The molecule has 0 saturated carbocycles. The smallest absolute Gasteiger partial charge is 0.0179 e. The first-order valence-electron chi connectivity index (χ1n) is 11.1. The SMILES string of the molecule is C1=CC2=C(CC1)[C@H]1c3ccccc3[C@H]3c4ccccc4[C@H]4c5ccccc5[C@@H]2C341. The topological polar surface area (TPSA) is 0 Å². The zero-order chi connectivity index (χ0) is 18.7. The van der Waals surface area contributed by atoms with Crippen LogP contribution >= 0.6 is 0 Å². The number of fused-ring (bicyclic) bond motifs is 11. The molecule has 0 radical (unpaired) electrons. The summed E-state index contributed by atoms with van der Waals surface area (Å²) in [5, 5.41) is 0. The van der Waals surface area contributed by atoms with Crippen LogP contribution in [0.4, 0.5) is 0 Å². The van der Waals surface area contributed by atoms with Gasteiger partial charge >= 0.3 is 0 Å². The van der Waals surface area contributed by atoms with E-state index in [-0.39, 0.29) is 5.41 Å². The molecule has 0 heteroatoms. The molecular formula is C29H22. The predicted octanol–water partition coefficient (Wildman–Crippen LogP) is 6.81. The van der Waals surface area contributed by atoms with Gasteiger partial charge in [-0.2, -0.15) is 0 Å². The van der Waals surface area contributed by atoms with Gasteiger partial charge in [-0.3, -0.25) is 0 Å². The first-order valence-corrected chi connectivity index (χ1v) is 11.1. The van der Waals surface area contributed by atoms with Gasteiger partial charge in [0.2, 0.25) is 0 Å². The zero-order valence-corrected chi connectivity index (χ0v) is 16.3. The Morgan fingerprint density at radius 2 is 1.00 bits per heavy atom. The van der Waals surface area contributed by atoms with Gasteiger partial charge in [0.1, 0.15) is 0 Å². The minimum absolute atomic E-state index is 0.233. The monoisotopic (exact) mass is 370 g/mol. The lowest BCUT2D eigenvalue weighted by Crippen LogP contribution is -2.30. The van der Waals surface area contributed by atoms with Crippen LogP contribution in [-0.2, 0) is 0 Å². The third-order valence-corrected chi connectivity index (χ3v) is 8.76. The van der Waals surface area contributed by atoms with Gasteiger partial charge in [0.15, 0.2) is 0 Å². The van der Waals surface area contributed by atoms with Gasteiger partial charge in [0.05, 0.1) is 0 Å². The molecule has 8 rings (SSSR count). The Kier molecular flexibility index (Phi) is 2.50. The molecule has 1 spiro atoms. The summed E-state index contributed by atoms with van der Waals surface area (Å²) in [6.45, 7) is 0. The molecule has 5 aliphatic rings. The van der Waals surface area contributed by atoms with Gasteiger partial charge in [-0.05, 0) is 51.8 Å². The van der Waals surface area contributed by atoms with Crippen molar-refractivity contribution in [2.75, 3.05) is 0 Å². The number of benzene rings is 3. The van der Waals surface area contributed by atoms with Crippen LogP contribution in [0.3, 0.4) is 0 Å². The van der Waals surface area contributed by atoms with Crippen molar-refractivity contribution in [1.29, 1.82) is 0 Å². The van der Waals surface area contributed by atoms with E-state index in [9.17, 15) is 0 Å². The van der Waals surface area contributed by atoms with E-state index in [1.54, 1.807) is 44.5 Å². The van der Waals surface area contributed by atoms with Crippen molar-refractivity contribution in [2.45, 2.75) is 36.5 Å². The summed E-state index contributed by atoms with van der Waals surface area (Å²) in [6, 6.07) is 28.2. The van der Waals surface area contributed by atoms with E-state index in [0.717, 1.165) is 0 Å². The highest BCUT2D eigenvalue weighted by molar-refractivity contribution is 5.73. The van der Waals surface area contributed by atoms with Gasteiger partial charge < -0.3 is 0 Å². The van der Waals surface area contributed by atoms with Crippen molar-refractivity contribution in [3.63, 3.8) is 0 Å². The summed E-state index contributed by atoms with van der Waals surface area (Å²) in [5.41, 5.74) is 13.2. The van der Waals surface area contributed by atoms with Crippen molar-refractivity contribution in [3.05, 3.63) is 129 Å². The highest BCUT2D eigenvalue weighted by Crippen LogP contribution is 2.83. The molecule has 3 aromatic rings. The van der Waals surface area contributed by atoms with Crippen LogP contribution in [0.15, 0.2) is 96.1 Å². The number of hydrogen-bond donors (Lipinski definition) is 0. The number of hydrogen-bond acceptors (Lipinski definition) is 0. The van der Waals surface area contributed by atoms with Crippen LogP contribution in [0.5, 0.6) is 0 Å². The second-order valence-electron chi connectivity index (χ2n) is 9.54. The molecular weight excluding hydrogens is 348 g/mol. The third kappa shape index (κ3) is 1.43. The minimum Gasteiger partial charge on any atom is -0.0839 e. The van der Waals surface area contributed by atoms with E-state index in [0.29, 0.717) is 23.7 Å². The zero-order valence-electron chi connectivity index (χ0n) is 16.3. The van der Waals surface area contributed by atoms with E-state index in [4.69, 9.17) is 0 Å². The van der Waals surface area contributed by atoms with Crippen LogP contribution in [0.1, 0.15) is 69.9 Å². The molecule has 5 aliphatic carbocycles. The van der Waals surface area contributed by atoms with Crippen LogP contribution in [0.25, 0.3) is 0 Å². The van der Waals surface area contributed by atoms with Crippen molar-refractivity contribution in [1.82, 2.24) is 0 Å². The van der Waals surface area contributed by atoms with Crippen molar-refractivity contribution < 1.29 is 0 Å². The van der Waals surface area contributed by atoms with E-state index in [2.05, 4.69) is 84.9 Å². The van der Waals surface area contributed by atoms with Crippen molar-refractivity contribution >= 4 is 0 Å². The third-order valence-electron chi connectivity index (χ3n) is 8.76. The summed E-state index contributed by atoms with van der Waals surface area (Å²) in [6.07, 6.45) is 7.36. The largest absolute Gasteiger partial charge is 0.0839 e. The molecule has 0 N–H and O–H groups in total. The van der Waals surface area contributed by atoms with E-state index < -0.39 is 0 Å². The second-order valence-corrected chi connectivity index (χ2v) is 9.54. The number of allylic oxidation sites excluding steroid dienone is 4. The van der Waals surface area contributed by atoms with Crippen LogP contribution in [0, 0.1) is 5.41 Å². The molecule has 0 fully saturated rings. The molecule has 0 aliphatic heterocycles. The van der Waals surface area contributed by atoms with Crippen molar-refractivity contribution in [2.24, 2.45) is 5.41 Å². The standard InChI is InChI=1S/C29H22/c1-2-10-18-17(9-1)25-19-11-3-4-12-20(19)27-23-15-7-8-16-24(23)28-22-14-6-5-13-21(22)26(18)29(25,27)28/h1-7,9-15,25-28H,8,16H2/t25-,26+,27-,28+,29?/m0/s1. The fourth-order valence-corrected chi connectivity index (χ4v) is 8.28. The lowest BCUT2D eigenvalue weighted by molar-refractivity contribution is 0.235. The maximum Gasteiger partial charge on any atom is 0.0179 e. The van der Waals surface area contributed by atoms with Gasteiger partial charge in [0.25, 0.3) is 0 Å². The summed E-state index contributed by atoms with van der Waals surface area (Å²) < 4.78 is 0. The summed E-state index contributed by atoms with van der Waals surface area (Å²) in [4.78, 5) is 0. The normalized spacial score (nSPS) is 33.8. The number of rotatable bonds is 0. The van der Waals surface area contributed by atoms with Crippen LogP contribution in [-0.4, -0.2) is 0 Å². The summed E-state index contributed by atoms with van der Waals surface area (Å²) >= 11 is 0. The van der Waals surface area contributed by atoms with E-state index in [1.807, 2.05) is 0 Å². The molecule has 0 aromatic heterocycles. The highest BCUT2D eigenvalue weighted by atomic mass is 14.7. The molecule has 0 saturated heterocycles. The quantitative estimate of drug-likeness (QED) is 0.408. The first-order chi connectivity index (χ1) is 14.4. The summed E-state index contributed by atoms with van der Waals surface area (Å²) in [7, 11) is 0. The fourth-order valence-electron chi connectivity index (χ4n) is 8.28.